The Bertz CT molecular complexity index is 2040. The summed E-state index contributed by atoms with van der Waals surface area (Å²) in [6, 6.07) is 29.6. The number of aromatic hydroxyl groups is 2. The minimum absolute atomic E-state index is 0.0236. The molecule has 1 saturated heterocycles. The number of aromatic nitrogens is 1. The van der Waals surface area contributed by atoms with E-state index in [1.807, 2.05) is 36.4 Å². The van der Waals surface area contributed by atoms with E-state index in [4.69, 9.17) is 9.47 Å². The largest absolute Gasteiger partial charge is 0.507 e. The van der Waals surface area contributed by atoms with Crippen molar-refractivity contribution in [2.24, 2.45) is 5.92 Å². The molecule has 1 aliphatic rings. The molecule has 2 heterocycles. The zero-order chi connectivity index (χ0) is 38.4. The Balaban J connectivity index is 0.875. The lowest BCUT2D eigenvalue weighted by atomic mass is 9.96. The highest BCUT2D eigenvalue weighted by Crippen LogP contribution is 2.35. The number of esters is 1. The Morgan fingerprint density at radius 1 is 0.855 bits per heavy atom. The number of hydrogen-bond acceptors (Lipinski definition) is 9. The van der Waals surface area contributed by atoms with Crippen LogP contribution in [0, 0.1) is 5.92 Å². The molecule has 0 spiro atoms. The molecule has 10 heteroatoms. The van der Waals surface area contributed by atoms with Crippen LogP contribution in [0.15, 0.2) is 102 Å². The van der Waals surface area contributed by atoms with E-state index in [1.54, 1.807) is 24.3 Å². The Hall–Kier alpha value is -5.16. The number of rotatable bonds is 19. The van der Waals surface area contributed by atoms with Gasteiger partial charge in [-0.05, 0) is 104 Å². The number of carbonyl (C=O) groups excluding carboxylic acids is 1. The van der Waals surface area contributed by atoms with Gasteiger partial charge in [-0.3, -0.25) is 14.5 Å². The van der Waals surface area contributed by atoms with Gasteiger partial charge in [0.15, 0.2) is 0 Å². The van der Waals surface area contributed by atoms with E-state index in [-0.39, 0.29) is 29.4 Å². The zero-order valence-corrected chi connectivity index (χ0v) is 31.4. The van der Waals surface area contributed by atoms with Gasteiger partial charge in [-0.2, -0.15) is 0 Å². The van der Waals surface area contributed by atoms with Crippen LogP contribution in [-0.2, 0) is 22.5 Å². The molecule has 290 valence electrons. The summed E-state index contributed by atoms with van der Waals surface area (Å²) in [6.07, 6.45) is 6.34. The average Bonchev–Trinajstić information content (AvgIpc) is 3.19. The molecule has 0 unspecified atom stereocenters. The highest BCUT2D eigenvalue weighted by molar-refractivity contribution is 5.87. The molecule has 6 rings (SSSR count). The number of nitrogens with zero attached hydrogens (tertiary/aromatic N) is 1. The lowest BCUT2D eigenvalue weighted by molar-refractivity contribution is -0.144. The maximum atomic E-state index is 13.0. The van der Waals surface area contributed by atoms with Gasteiger partial charge in [-0.15, -0.1) is 0 Å². The number of benzene rings is 4. The number of aliphatic hydroxyl groups excluding tert-OH is 1. The number of piperidine rings is 1. The molecular formula is C45H53N3O7. The van der Waals surface area contributed by atoms with Crippen molar-refractivity contribution in [1.82, 2.24) is 15.2 Å². The molecule has 1 fully saturated rings. The quantitative estimate of drug-likeness (QED) is 0.0436. The summed E-state index contributed by atoms with van der Waals surface area (Å²) >= 11 is 0. The molecule has 5 N–H and O–H groups in total. The van der Waals surface area contributed by atoms with Gasteiger partial charge in [0.2, 0.25) is 5.56 Å². The fourth-order valence-electron chi connectivity index (χ4n) is 7.35. The maximum Gasteiger partial charge on any atom is 0.310 e. The maximum absolute atomic E-state index is 13.0. The average molecular weight is 748 g/mol. The van der Waals surface area contributed by atoms with Crippen LogP contribution in [0.5, 0.6) is 17.2 Å². The SMILES string of the molecule is O=C(Cc1cccc(O)c1-c1cccc(OCCCCCCCNC[C@H](O)c2ccc(O)c3[nH]c(=O)ccc23)c1)OCC1CCN(Cc2ccccc2)CC1. The van der Waals surface area contributed by atoms with Gasteiger partial charge >= 0.3 is 5.97 Å². The predicted molar refractivity (Wildman–Crippen MR) is 215 cm³/mol. The number of nitrogens with one attached hydrogen (secondary N) is 2. The topological polar surface area (TPSA) is 144 Å². The number of ether oxygens (including phenoxy) is 2. The van der Waals surface area contributed by atoms with E-state index in [0.717, 1.165) is 82.3 Å². The summed E-state index contributed by atoms with van der Waals surface area (Å²) in [4.78, 5) is 29.7. The van der Waals surface area contributed by atoms with Crippen LogP contribution in [0.2, 0.25) is 0 Å². The number of carbonyl (C=O) groups is 1. The van der Waals surface area contributed by atoms with E-state index < -0.39 is 6.10 Å². The second-order valence-electron chi connectivity index (χ2n) is 14.5. The minimum Gasteiger partial charge on any atom is -0.507 e. The van der Waals surface area contributed by atoms with Crippen molar-refractivity contribution in [2.45, 2.75) is 64.0 Å². The first-order chi connectivity index (χ1) is 26.8. The summed E-state index contributed by atoms with van der Waals surface area (Å²) in [6.45, 7) is 5.07. The first-order valence-electron chi connectivity index (χ1n) is 19.5. The Labute approximate surface area is 322 Å². The van der Waals surface area contributed by atoms with Gasteiger partial charge in [0.1, 0.15) is 17.2 Å². The van der Waals surface area contributed by atoms with Crippen LogP contribution in [0.25, 0.3) is 22.0 Å². The third-order valence-corrected chi connectivity index (χ3v) is 10.4. The monoisotopic (exact) mass is 747 g/mol. The van der Waals surface area contributed by atoms with Crippen molar-refractivity contribution in [3.05, 3.63) is 124 Å². The third-order valence-electron chi connectivity index (χ3n) is 10.4. The molecule has 1 aromatic heterocycles. The van der Waals surface area contributed by atoms with Crippen LogP contribution >= 0.6 is 0 Å². The van der Waals surface area contributed by atoms with Crippen molar-refractivity contribution in [3.63, 3.8) is 0 Å². The second-order valence-corrected chi connectivity index (χ2v) is 14.5. The molecular weight excluding hydrogens is 695 g/mol. The summed E-state index contributed by atoms with van der Waals surface area (Å²) in [5, 5.41) is 35.6. The molecule has 0 bridgehead atoms. The van der Waals surface area contributed by atoms with Crippen LogP contribution in [0.1, 0.15) is 67.7 Å². The number of aromatic amines is 1. The van der Waals surface area contributed by atoms with Gasteiger partial charge in [0, 0.05) is 30.1 Å². The normalized spacial score (nSPS) is 14.2. The summed E-state index contributed by atoms with van der Waals surface area (Å²) in [5.41, 5.74) is 4.12. The number of hydrogen-bond donors (Lipinski definition) is 5. The summed E-state index contributed by atoms with van der Waals surface area (Å²) in [7, 11) is 0. The van der Waals surface area contributed by atoms with Gasteiger partial charge in [-0.1, -0.05) is 79.9 Å². The Morgan fingerprint density at radius 2 is 1.64 bits per heavy atom. The number of aliphatic hydroxyl groups is 1. The zero-order valence-electron chi connectivity index (χ0n) is 31.4. The molecule has 5 aromatic rings. The lowest BCUT2D eigenvalue weighted by Crippen LogP contribution is -2.35. The molecule has 4 aromatic carbocycles. The van der Waals surface area contributed by atoms with Crippen molar-refractivity contribution in [3.8, 4) is 28.4 Å². The van der Waals surface area contributed by atoms with E-state index in [1.165, 1.54) is 17.7 Å². The van der Waals surface area contributed by atoms with Crippen molar-refractivity contribution >= 4 is 16.9 Å². The highest BCUT2D eigenvalue weighted by atomic mass is 16.5. The number of phenols is 2. The number of H-pyrrole nitrogens is 1. The second kappa shape index (κ2) is 20.0. The van der Waals surface area contributed by atoms with Crippen LogP contribution in [0.4, 0.5) is 0 Å². The number of fused-ring (bicyclic) bond motifs is 1. The molecule has 1 atom stereocenters. The first kappa shape index (κ1) is 39.5. The standard InChI is InChI=1S/C45H53N3O7/c49-39-16-10-14-35(28-43(53)55-31-33-21-24-48(25-22-33)30-32-11-5-4-6-12-32)44(39)34-13-9-15-36(27-34)54-26-8-3-1-2-7-23-46-29-41(51)37-17-19-40(50)45-38(37)18-20-42(52)47-45/h4-6,9-20,27,33,41,46,49-51H,1-3,7-8,21-26,28-31H2,(H,47,52)/t41-/m0/s1. The van der Waals surface area contributed by atoms with Gasteiger partial charge in [0.25, 0.3) is 0 Å². The Morgan fingerprint density at radius 3 is 2.47 bits per heavy atom. The first-order valence-corrected chi connectivity index (χ1v) is 19.5. The van der Waals surface area contributed by atoms with Crippen molar-refractivity contribution in [2.75, 3.05) is 39.4 Å². The van der Waals surface area contributed by atoms with Crippen molar-refractivity contribution < 1.29 is 29.6 Å². The van der Waals surface area contributed by atoms with Crippen LogP contribution < -0.4 is 15.6 Å². The molecule has 0 radical (unpaired) electrons. The third kappa shape index (κ3) is 11.4. The number of pyridine rings is 1. The Kier molecular flexibility index (Phi) is 14.3. The van der Waals surface area contributed by atoms with E-state index in [2.05, 4.69) is 39.5 Å². The van der Waals surface area contributed by atoms with Gasteiger partial charge < -0.3 is 35.1 Å². The molecule has 0 aliphatic carbocycles. The van der Waals surface area contributed by atoms with Gasteiger partial charge in [0.05, 0.1) is 31.3 Å². The van der Waals surface area contributed by atoms with E-state index >= 15 is 0 Å². The van der Waals surface area contributed by atoms with Gasteiger partial charge in [-0.25, -0.2) is 0 Å². The number of likely N-dealkylation sites (tertiary alicyclic amines) is 1. The fourth-order valence-corrected chi connectivity index (χ4v) is 7.35. The van der Waals surface area contributed by atoms with E-state index in [9.17, 15) is 24.9 Å². The van der Waals surface area contributed by atoms with Crippen LogP contribution in [0.3, 0.4) is 0 Å². The smallest absolute Gasteiger partial charge is 0.310 e. The summed E-state index contributed by atoms with van der Waals surface area (Å²) in [5.74, 6) is 0.866. The number of unbranched alkanes of at least 4 members (excludes halogenated alkanes) is 4. The highest BCUT2D eigenvalue weighted by Gasteiger charge is 2.22. The molecule has 10 nitrogen and oxygen atoms in total. The molecule has 0 amide bonds. The fraction of sp³-hybridized carbons (Fsp3) is 0.378. The molecule has 1 aliphatic heterocycles. The summed E-state index contributed by atoms with van der Waals surface area (Å²) < 4.78 is 11.8. The molecule has 0 saturated carbocycles. The lowest BCUT2D eigenvalue weighted by Gasteiger charge is -2.31. The minimum atomic E-state index is -0.770. The number of phenolic OH excluding ortho intramolecular Hbond substituents is 2. The molecule has 55 heavy (non-hydrogen) atoms. The van der Waals surface area contributed by atoms with Crippen molar-refractivity contribution in [1.29, 1.82) is 0 Å². The predicted octanol–water partition coefficient (Wildman–Crippen LogP) is 7.26. The van der Waals surface area contributed by atoms with E-state index in [0.29, 0.717) is 53.5 Å². The van der Waals surface area contributed by atoms with Crippen LogP contribution in [-0.4, -0.2) is 70.6 Å².